The highest BCUT2D eigenvalue weighted by atomic mass is 16.6. The van der Waals surface area contributed by atoms with E-state index in [1.807, 2.05) is 0 Å². The molecular formula is C41H57N9O12. The van der Waals surface area contributed by atoms with Gasteiger partial charge < -0.3 is 57.3 Å². The Hall–Kier alpha value is -7.06. The van der Waals surface area contributed by atoms with E-state index in [1.165, 1.54) is 104 Å². The first kappa shape index (κ1) is 51.1. The van der Waals surface area contributed by atoms with Crippen molar-refractivity contribution in [2.45, 2.75) is 117 Å². The van der Waals surface area contributed by atoms with Gasteiger partial charge in [-0.25, -0.2) is 9.59 Å². The van der Waals surface area contributed by atoms with Crippen LogP contribution in [0.2, 0.25) is 0 Å². The second kappa shape index (κ2) is 23.1. The van der Waals surface area contributed by atoms with Crippen molar-refractivity contribution in [2.75, 3.05) is 17.7 Å². The lowest BCUT2D eigenvalue weighted by Gasteiger charge is -2.22. The molecule has 2 aromatic rings. The molecule has 2 rings (SSSR count). The molecule has 0 aliphatic carbocycles. The van der Waals surface area contributed by atoms with E-state index < -0.39 is 107 Å². The molecule has 0 fully saturated rings. The Bertz CT molecular complexity index is 1980. The lowest BCUT2D eigenvalue weighted by Crippen LogP contribution is -2.54. The average molecular weight is 868 g/mol. The number of hydrogen-bond acceptors (Lipinski definition) is 12. The third-order valence-corrected chi connectivity index (χ3v) is 8.61. The van der Waals surface area contributed by atoms with Crippen LogP contribution in [-0.2, 0) is 43.0 Å². The molecule has 62 heavy (non-hydrogen) atoms. The summed E-state index contributed by atoms with van der Waals surface area (Å²) in [7, 11) is 1.18. The van der Waals surface area contributed by atoms with Crippen molar-refractivity contribution in [3.05, 3.63) is 59.7 Å². The number of amides is 9. The van der Waals surface area contributed by atoms with E-state index in [9.17, 15) is 47.9 Å². The highest BCUT2D eigenvalue weighted by Gasteiger charge is 2.27. The Morgan fingerprint density at radius 2 is 0.710 bits per heavy atom. The predicted octanol–water partition coefficient (Wildman–Crippen LogP) is 0.605. The van der Waals surface area contributed by atoms with Crippen LogP contribution in [0.3, 0.4) is 0 Å². The van der Waals surface area contributed by atoms with Crippen molar-refractivity contribution >= 4 is 70.7 Å². The molecule has 0 unspecified atom stereocenters. The van der Waals surface area contributed by atoms with Crippen LogP contribution < -0.4 is 47.9 Å². The monoisotopic (exact) mass is 867 g/mol. The van der Waals surface area contributed by atoms with Crippen molar-refractivity contribution < 1.29 is 57.4 Å². The minimum Gasteiger partial charge on any atom is -0.467 e. The molecule has 9 N–H and O–H groups in total. The number of ether oxygens (including phenoxy) is 2. The van der Waals surface area contributed by atoms with Gasteiger partial charge in [0.25, 0.3) is 11.8 Å². The number of rotatable bonds is 18. The van der Waals surface area contributed by atoms with E-state index in [2.05, 4.69) is 52.6 Å². The summed E-state index contributed by atoms with van der Waals surface area (Å²) in [5.41, 5.74) is 0.178. The molecule has 0 heterocycles. The summed E-state index contributed by atoms with van der Waals surface area (Å²) in [5.74, 6) is -5.63. The number of carbonyl (C=O) groups is 10. The largest absolute Gasteiger partial charge is 0.467 e. The first-order chi connectivity index (χ1) is 28.8. The fraction of sp³-hybridized carbons (Fsp3) is 0.463. The van der Waals surface area contributed by atoms with Gasteiger partial charge in [-0.15, -0.1) is 0 Å². The highest BCUT2D eigenvalue weighted by molar-refractivity contribution is 6.02. The van der Waals surface area contributed by atoms with E-state index in [-0.39, 0.29) is 11.1 Å². The zero-order valence-electron chi connectivity index (χ0n) is 36.6. The van der Waals surface area contributed by atoms with Crippen LogP contribution in [0.5, 0.6) is 0 Å². The topological polar surface area (TPSA) is 297 Å². The van der Waals surface area contributed by atoms with Crippen LogP contribution in [0, 0.1) is 0 Å². The Balaban J connectivity index is 1.82. The molecule has 0 aliphatic heterocycles. The minimum absolute atomic E-state index is 0.150. The van der Waals surface area contributed by atoms with E-state index in [4.69, 9.17) is 4.74 Å². The number of esters is 1. The van der Waals surface area contributed by atoms with E-state index in [0.717, 1.165) is 0 Å². The molecule has 7 atom stereocenters. The van der Waals surface area contributed by atoms with Crippen LogP contribution >= 0.6 is 0 Å². The molecule has 338 valence electrons. The zero-order chi connectivity index (χ0) is 47.1. The molecule has 2 aromatic carbocycles. The van der Waals surface area contributed by atoms with Crippen molar-refractivity contribution in [1.82, 2.24) is 37.2 Å². The normalized spacial score (nSPS) is 14.2. The third kappa shape index (κ3) is 16.9. The lowest BCUT2D eigenvalue weighted by atomic mass is 10.1. The quantitative estimate of drug-likeness (QED) is 0.0932. The Morgan fingerprint density at radius 1 is 0.419 bits per heavy atom. The highest BCUT2D eigenvalue weighted by Crippen LogP contribution is 2.12. The summed E-state index contributed by atoms with van der Waals surface area (Å²) in [6.07, 6.45) is -0.787. The maximum Gasteiger partial charge on any atom is 0.408 e. The molecular weight excluding hydrogens is 811 g/mol. The predicted molar refractivity (Wildman–Crippen MR) is 225 cm³/mol. The Labute approximate surface area is 359 Å². The third-order valence-electron chi connectivity index (χ3n) is 8.61. The number of hydrogen-bond donors (Lipinski definition) is 9. The number of carbonyl (C=O) groups excluding carboxylic acids is 10. The van der Waals surface area contributed by atoms with Crippen molar-refractivity contribution in [3.63, 3.8) is 0 Å². The van der Waals surface area contributed by atoms with E-state index in [1.54, 1.807) is 20.8 Å². The van der Waals surface area contributed by atoms with Gasteiger partial charge in [-0.2, -0.15) is 0 Å². The molecule has 0 aliphatic rings. The molecule has 0 bridgehead atoms. The second-order valence-electron chi connectivity index (χ2n) is 15.3. The summed E-state index contributed by atoms with van der Waals surface area (Å²) < 4.78 is 9.69. The summed E-state index contributed by atoms with van der Waals surface area (Å²) in [6, 6.07) is 4.29. The van der Waals surface area contributed by atoms with Gasteiger partial charge in [0.1, 0.15) is 47.9 Å². The molecule has 0 saturated carbocycles. The molecule has 21 heteroatoms. The van der Waals surface area contributed by atoms with Gasteiger partial charge in [0, 0.05) is 22.5 Å². The van der Waals surface area contributed by atoms with Gasteiger partial charge in [-0.3, -0.25) is 38.4 Å². The van der Waals surface area contributed by atoms with Gasteiger partial charge in [0.05, 0.1) is 7.11 Å². The maximum absolute atomic E-state index is 12.9. The molecule has 0 saturated heterocycles. The van der Waals surface area contributed by atoms with Crippen molar-refractivity contribution in [2.24, 2.45) is 0 Å². The van der Waals surface area contributed by atoms with Gasteiger partial charge >= 0.3 is 12.1 Å². The number of benzene rings is 2. The first-order valence-electron chi connectivity index (χ1n) is 19.5. The molecule has 0 spiro atoms. The molecule has 9 amide bonds. The fourth-order valence-electron chi connectivity index (χ4n) is 4.94. The molecule has 21 nitrogen and oxygen atoms in total. The zero-order valence-corrected chi connectivity index (χ0v) is 36.6. The number of alkyl carbamates (subject to hydrolysis) is 1. The van der Waals surface area contributed by atoms with Gasteiger partial charge in [-0.05, 0) is 118 Å². The Kier molecular flexibility index (Phi) is 19.0. The lowest BCUT2D eigenvalue weighted by molar-refractivity contribution is -0.144. The second-order valence-corrected chi connectivity index (χ2v) is 15.3. The minimum atomic E-state index is -1.11. The summed E-state index contributed by atoms with van der Waals surface area (Å²) in [5, 5.41) is 22.5. The number of nitrogens with one attached hydrogen (secondary N) is 9. The fourth-order valence-corrected chi connectivity index (χ4v) is 4.94. The van der Waals surface area contributed by atoms with Crippen LogP contribution in [0.1, 0.15) is 90.0 Å². The van der Waals surface area contributed by atoms with Crippen molar-refractivity contribution in [3.8, 4) is 0 Å². The summed E-state index contributed by atoms with van der Waals surface area (Å²) >= 11 is 0. The van der Waals surface area contributed by atoms with Gasteiger partial charge in [0.15, 0.2) is 0 Å². The van der Waals surface area contributed by atoms with Crippen molar-refractivity contribution in [1.29, 1.82) is 0 Å². The van der Waals surface area contributed by atoms with Crippen LogP contribution in [0.4, 0.5) is 16.2 Å². The smallest absolute Gasteiger partial charge is 0.408 e. The van der Waals surface area contributed by atoms with Gasteiger partial charge in [0.2, 0.25) is 35.4 Å². The van der Waals surface area contributed by atoms with E-state index in [0.29, 0.717) is 11.4 Å². The van der Waals surface area contributed by atoms with E-state index >= 15 is 0 Å². The van der Waals surface area contributed by atoms with Crippen LogP contribution in [0.25, 0.3) is 0 Å². The molecule has 0 radical (unpaired) electrons. The first-order valence-corrected chi connectivity index (χ1v) is 19.5. The van der Waals surface area contributed by atoms with Crippen LogP contribution in [-0.4, -0.2) is 114 Å². The average Bonchev–Trinajstić information content (AvgIpc) is 3.19. The van der Waals surface area contributed by atoms with Crippen LogP contribution in [0.15, 0.2) is 48.5 Å². The summed E-state index contributed by atoms with van der Waals surface area (Å²) in [6.45, 7) is 15.0. The Morgan fingerprint density at radius 3 is 1.03 bits per heavy atom. The number of anilines is 2. The maximum atomic E-state index is 12.9. The summed E-state index contributed by atoms with van der Waals surface area (Å²) in [4.78, 5) is 125. The molecule has 0 aromatic heterocycles. The standard InChI is InChI=1S/C41H57N9O12/c1-20(31(51)43-23(4)35(55)49-29-18-14-28(15-19-29)38(58)46-22(3)33(53)47-26(7)39(59)61-11)42-32(52)21(2)45-37(57)27-12-16-30(17-13-27)50-36(56)24(5)44-34(54)25(6)48-40(60)62-41(8,9)10/h12-26H,1-11H3,(H,42,52)(H,43,51)(H,44,54)(H,45,57)(H,46,58)(H,47,53)(H,48,60)(H,49,55)(H,50,56)/t20-,21+,22+,23+,24+,25-,26-/m1/s1. The SMILES string of the molecule is COC(=O)[C@@H](C)NC(=O)[C@H](C)NC(=O)c1ccc(NC(=O)[C@H](C)NC(=O)[C@@H](C)NC(=O)[C@H](C)NC(=O)c2ccc(NC(=O)[C@H](C)NC(=O)[C@@H](C)NC(=O)OC(C)(C)C)cc2)cc1. The number of methoxy groups -OCH3 is 1. The van der Waals surface area contributed by atoms with Gasteiger partial charge in [-0.1, -0.05) is 0 Å².